The number of carboxylic acid groups (broad SMARTS) is 1. The molecule has 7 nitrogen and oxygen atoms in total. The van der Waals surface area contributed by atoms with Gasteiger partial charge in [0, 0.05) is 30.5 Å². The van der Waals surface area contributed by atoms with Crippen molar-refractivity contribution in [3.8, 4) is 11.1 Å². The van der Waals surface area contributed by atoms with Crippen molar-refractivity contribution in [3.63, 3.8) is 0 Å². The Hall–Kier alpha value is -3.35. The Morgan fingerprint density at radius 2 is 1.57 bits per heavy atom. The Kier molecular flexibility index (Phi) is 6.50. The Labute approximate surface area is 205 Å². The molecule has 2 aliphatic carbocycles. The molecule has 35 heavy (non-hydrogen) atoms. The van der Waals surface area contributed by atoms with Crippen LogP contribution in [0.1, 0.15) is 56.1 Å². The first-order chi connectivity index (χ1) is 16.9. The van der Waals surface area contributed by atoms with E-state index in [2.05, 4.69) is 29.6 Å². The van der Waals surface area contributed by atoms with Gasteiger partial charge in [-0.2, -0.15) is 0 Å². The molecule has 0 radical (unpaired) electrons. The van der Waals surface area contributed by atoms with Crippen molar-refractivity contribution in [3.05, 3.63) is 59.7 Å². The number of nitrogens with zero attached hydrogens (tertiary/aromatic N) is 1. The first-order valence-electron chi connectivity index (χ1n) is 12.6. The summed E-state index contributed by atoms with van der Waals surface area (Å²) in [4.78, 5) is 38.9. The van der Waals surface area contributed by atoms with E-state index in [-0.39, 0.29) is 43.0 Å². The van der Waals surface area contributed by atoms with Crippen LogP contribution in [0.4, 0.5) is 4.79 Å². The van der Waals surface area contributed by atoms with Gasteiger partial charge in [0.1, 0.15) is 6.61 Å². The van der Waals surface area contributed by atoms with E-state index < -0.39 is 18.0 Å². The molecule has 1 aliphatic heterocycles. The number of carboxylic acids is 1. The molecular weight excluding hydrogens is 444 g/mol. The van der Waals surface area contributed by atoms with Gasteiger partial charge >= 0.3 is 12.1 Å². The summed E-state index contributed by atoms with van der Waals surface area (Å²) in [6.45, 7) is 2.52. The first-order valence-corrected chi connectivity index (χ1v) is 12.6. The zero-order valence-corrected chi connectivity index (χ0v) is 20.0. The van der Waals surface area contributed by atoms with Gasteiger partial charge < -0.3 is 20.1 Å². The van der Waals surface area contributed by atoms with Gasteiger partial charge in [-0.25, -0.2) is 4.79 Å². The first kappa shape index (κ1) is 23.4. The summed E-state index contributed by atoms with van der Waals surface area (Å²) < 4.78 is 5.66. The molecule has 0 spiro atoms. The maximum Gasteiger partial charge on any atom is 0.407 e. The quantitative estimate of drug-likeness (QED) is 0.667. The van der Waals surface area contributed by atoms with Crippen molar-refractivity contribution < 1.29 is 24.2 Å². The summed E-state index contributed by atoms with van der Waals surface area (Å²) >= 11 is 0. The lowest BCUT2D eigenvalue weighted by Crippen LogP contribution is -2.49. The van der Waals surface area contributed by atoms with Gasteiger partial charge in [-0.1, -0.05) is 48.5 Å². The topological polar surface area (TPSA) is 95.9 Å². The van der Waals surface area contributed by atoms with Crippen LogP contribution in [0, 0.1) is 11.8 Å². The largest absolute Gasteiger partial charge is 0.481 e. The van der Waals surface area contributed by atoms with Gasteiger partial charge in [-0.3, -0.25) is 9.59 Å². The van der Waals surface area contributed by atoms with Gasteiger partial charge in [0.15, 0.2) is 0 Å². The second-order valence-corrected chi connectivity index (χ2v) is 10.1. The van der Waals surface area contributed by atoms with Gasteiger partial charge in [0.2, 0.25) is 5.91 Å². The van der Waals surface area contributed by atoms with Crippen LogP contribution in [0.3, 0.4) is 0 Å². The molecule has 184 valence electrons. The molecule has 1 saturated carbocycles. The third-order valence-corrected chi connectivity index (χ3v) is 7.96. The highest BCUT2D eigenvalue weighted by Crippen LogP contribution is 2.44. The van der Waals surface area contributed by atoms with E-state index in [1.807, 2.05) is 31.2 Å². The van der Waals surface area contributed by atoms with Crippen LogP contribution in [0.5, 0.6) is 0 Å². The minimum absolute atomic E-state index is 0.00817. The SMILES string of the molecule is CC1CCC(C(=O)O)CN1C(=O)[C@@H]1CC[C@H](NC(=O)OCC2c3ccccc3-c3ccccc32)C1. The summed E-state index contributed by atoms with van der Waals surface area (Å²) in [5.74, 6) is -1.50. The summed E-state index contributed by atoms with van der Waals surface area (Å²) in [5, 5.41) is 12.3. The molecule has 4 atom stereocenters. The van der Waals surface area contributed by atoms with E-state index >= 15 is 0 Å². The molecule has 2 fully saturated rings. The van der Waals surface area contributed by atoms with Crippen LogP contribution in [0.2, 0.25) is 0 Å². The summed E-state index contributed by atoms with van der Waals surface area (Å²) in [5.41, 5.74) is 4.71. The molecule has 2 aromatic carbocycles. The van der Waals surface area contributed by atoms with Crippen LogP contribution < -0.4 is 5.32 Å². The molecule has 2 N–H and O–H groups in total. The molecule has 3 aliphatic rings. The van der Waals surface area contributed by atoms with Crippen molar-refractivity contribution >= 4 is 18.0 Å². The third kappa shape index (κ3) is 4.64. The second-order valence-electron chi connectivity index (χ2n) is 10.1. The number of piperidine rings is 1. The number of benzene rings is 2. The highest BCUT2D eigenvalue weighted by atomic mass is 16.5. The summed E-state index contributed by atoms with van der Waals surface area (Å²) in [7, 11) is 0. The number of ether oxygens (including phenoxy) is 1. The highest BCUT2D eigenvalue weighted by Gasteiger charge is 2.39. The standard InChI is InChI=1S/C28H32N2O5/c1-17-10-11-19(27(32)33)15-30(17)26(31)18-12-13-20(14-18)29-28(34)35-16-25-23-8-4-2-6-21(23)22-7-3-5-9-24(22)25/h2-9,17-20,25H,10-16H2,1H3,(H,29,34)(H,32,33)/t17?,18-,19?,20+/m1/s1. The zero-order valence-electron chi connectivity index (χ0n) is 20.0. The number of likely N-dealkylation sites (tertiary alicyclic amines) is 1. The fourth-order valence-electron chi connectivity index (χ4n) is 5.99. The maximum atomic E-state index is 13.1. The number of rotatable bonds is 5. The van der Waals surface area contributed by atoms with Crippen LogP contribution in [0.15, 0.2) is 48.5 Å². The zero-order chi connectivity index (χ0) is 24.5. The lowest BCUT2D eigenvalue weighted by Gasteiger charge is -2.38. The molecule has 2 unspecified atom stereocenters. The number of carbonyl (C=O) groups excluding carboxylic acids is 2. The number of nitrogens with one attached hydrogen (secondary N) is 1. The van der Waals surface area contributed by atoms with Gasteiger partial charge in [0.05, 0.1) is 5.92 Å². The molecule has 2 amide bonds. The van der Waals surface area contributed by atoms with Crippen LogP contribution in [-0.2, 0) is 14.3 Å². The Balaban J connectivity index is 1.15. The molecule has 5 rings (SSSR count). The Morgan fingerprint density at radius 3 is 2.23 bits per heavy atom. The molecule has 0 bridgehead atoms. The molecule has 2 aromatic rings. The number of carbonyl (C=O) groups is 3. The lowest BCUT2D eigenvalue weighted by atomic mass is 9.92. The number of fused-ring (bicyclic) bond motifs is 3. The van der Waals surface area contributed by atoms with E-state index in [9.17, 15) is 19.5 Å². The molecular formula is C28H32N2O5. The average Bonchev–Trinajstić information content (AvgIpc) is 3.45. The second kappa shape index (κ2) is 9.72. The van der Waals surface area contributed by atoms with E-state index in [0.29, 0.717) is 32.1 Å². The van der Waals surface area contributed by atoms with E-state index in [0.717, 1.165) is 0 Å². The number of aliphatic carboxylic acids is 1. The number of hydrogen-bond acceptors (Lipinski definition) is 4. The minimum atomic E-state index is -0.837. The van der Waals surface area contributed by atoms with Gasteiger partial charge in [-0.05, 0) is 61.3 Å². The third-order valence-electron chi connectivity index (χ3n) is 7.96. The molecule has 1 heterocycles. The van der Waals surface area contributed by atoms with E-state index in [4.69, 9.17) is 4.74 Å². The maximum absolute atomic E-state index is 13.1. The minimum Gasteiger partial charge on any atom is -0.481 e. The lowest BCUT2D eigenvalue weighted by molar-refractivity contribution is -0.148. The fourth-order valence-corrected chi connectivity index (χ4v) is 5.99. The Morgan fingerprint density at radius 1 is 0.943 bits per heavy atom. The predicted molar refractivity (Wildman–Crippen MR) is 131 cm³/mol. The van der Waals surface area contributed by atoms with Crippen LogP contribution >= 0.6 is 0 Å². The van der Waals surface area contributed by atoms with Crippen molar-refractivity contribution in [1.82, 2.24) is 10.2 Å². The van der Waals surface area contributed by atoms with E-state index in [1.54, 1.807) is 4.90 Å². The fraction of sp³-hybridized carbons (Fsp3) is 0.464. The Bertz CT molecular complexity index is 1090. The van der Waals surface area contributed by atoms with Gasteiger partial charge in [-0.15, -0.1) is 0 Å². The average molecular weight is 477 g/mol. The van der Waals surface area contributed by atoms with Crippen LogP contribution in [-0.4, -0.2) is 53.2 Å². The monoisotopic (exact) mass is 476 g/mol. The number of amides is 2. The molecule has 1 saturated heterocycles. The highest BCUT2D eigenvalue weighted by molar-refractivity contribution is 5.81. The number of hydrogen-bond donors (Lipinski definition) is 2. The van der Waals surface area contributed by atoms with Crippen molar-refractivity contribution in [2.45, 2.75) is 57.0 Å². The normalized spacial score (nSPS) is 25.6. The van der Waals surface area contributed by atoms with Gasteiger partial charge in [0.25, 0.3) is 0 Å². The van der Waals surface area contributed by atoms with Crippen LogP contribution in [0.25, 0.3) is 11.1 Å². The summed E-state index contributed by atoms with van der Waals surface area (Å²) in [6, 6.07) is 16.4. The number of alkyl carbamates (subject to hydrolysis) is 1. The molecule has 0 aromatic heterocycles. The van der Waals surface area contributed by atoms with E-state index in [1.165, 1.54) is 22.3 Å². The predicted octanol–water partition coefficient (Wildman–Crippen LogP) is 4.41. The smallest absolute Gasteiger partial charge is 0.407 e. The van der Waals surface area contributed by atoms with Crippen molar-refractivity contribution in [2.75, 3.05) is 13.2 Å². The molecule has 7 heteroatoms. The van der Waals surface area contributed by atoms with Crippen molar-refractivity contribution in [2.24, 2.45) is 11.8 Å². The summed E-state index contributed by atoms with van der Waals surface area (Å²) in [6.07, 6.45) is 2.82. The van der Waals surface area contributed by atoms with Crippen molar-refractivity contribution in [1.29, 1.82) is 0 Å².